The summed E-state index contributed by atoms with van der Waals surface area (Å²) < 4.78 is 1.49. The highest BCUT2D eigenvalue weighted by atomic mass is 35.5. The molecule has 0 saturated carbocycles. The quantitative estimate of drug-likeness (QED) is 0.830. The second-order valence-corrected chi connectivity index (χ2v) is 6.03. The molecule has 0 spiro atoms. The van der Waals surface area contributed by atoms with Crippen molar-refractivity contribution >= 4 is 23.4 Å². The molecule has 2 aromatic rings. The Hall–Kier alpha value is -2.41. The molecule has 1 aromatic heterocycles. The van der Waals surface area contributed by atoms with Crippen LogP contribution in [0.15, 0.2) is 24.3 Å². The van der Waals surface area contributed by atoms with Crippen LogP contribution in [0.4, 0.5) is 0 Å². The van der Waals surface area contributed by atoms with Gasteiger partial charge in [-0.05, 0) is 25.0 Å². The fourth-order valence-electron chi connectivity index (χ4n) is 2.33. The molecule has 2 amide bonds. The van der Waals surface area contributed by atoms with Gasteiger partial charge in [-0.1, -0.05) is 49.2 Å². The lowest BCUT2D eigenvalue weighted by molar-refractivity contribution is -0.120. The Morgan fingerprint density at radius 3 is 2.62 bits per heavy atom. The van der Waals surface area contributed by atoms with Crippen LogP contribution >= 0.6 is 11.6 Å². The number of aromatic nitrogens is 3. The van der Waals surface area contributed by atoms with Crippen molar-refractivity contribution < 1.29 is 9.59 Å². The van der Waals surface area contributed by atoms with E-state index in [1.54, 1.807) is 25.1 Å². The molecule has 1 heterocycles. The van der Waals surface area contributed by atoms with Crippen molar-refractivity contribution in [1.29, 1.82) is 0 Å². The van der Waals surface area contributed by atoms with Crippen LogP contribution in [0.5, 0.6) is 0 Å². The van der Waals surface area contributed by atoms with Crippen LogP contribution in [0, 0.1) is 12.8 Å². The lowest BCUT2D eigenvalue weighted by Gasteiger charge is -2.20. The monoisotopic (exact) mass is 349 g/mol. The van der Waals surface area contributed by atoms with Gasteiger partial charge in [0.15, 0.2) is 5.69 Å². The number of nitrogens with one attached hydrogen (secondary N) is 1. The Morgan fingerprint density at radius 1 is 1.38 bits per heavy atom. The first-order valence-electron chi connectivity index (χ1n) is 7.64. The lowest BCUT2D eigenvalue weighted by Crippen LogP contribution is -2.48. The Bertz CT molecular complexity index is 759. The number of nitrogens with two attached hydrogens (primary N) is 1. The summed E-state index contributed by atoms with van der Waals surface area (Å²) in [5, 5.41) is 11.0. The summed E-state index contributed by atoms with van der Waals surface area (Å²) in [6.45, 7) is 5.48. The van der Waals surface area contributed by atoms with E-state index in [1.807, 2.05) is 19.9 Å². The van der Waals surface area contributed by atoms with Gasteiger partial charge in [0.25, 0.3) is 5.91 Å². The fraction of sp³-hybridized carbons (Fsp3) is 0.375. The van der Waals surface area contributed by atoms with Gasteiger partial charge in [-0.2, -0.15) is 0 Å². The molecular weight excluding hydrogens is 330 g/mol. The molecule has 24 heavy (non-hydrogen) atoms. The molecule has 7 nitrogen and oxygen atoms in total. The number of carbonyl (C=O) groups excluding carboxylic acids is 2. The summed E-state index contributed by atoms with van der Waals surface area (Å²) in [7, 11) is 0. The minimum Gasteiger partial charge on any atom is -0.368 e. The standard InChI is InChI=1S/C16H20ClN5O2/c1-4-9(2)13(15(18)23)19-16(24)14-10(3)22(21-20-14)12-8-6-5-7-11(12)17/h5-9,13H,4H2,1-3H3,(H2,18,23)(H,19,24)/t9-,13-/m1/s1. The van der Waals surface area contributed by atoms with Crippen LogP contribution in [0.25, 0.3) is 5.69 Å². The Morgan fingerprint density at radius 2 is 2.04 bits per heavy atom. The lowest BCUT2D eigenvalue weighted by atomic mass is 9.98. The zero-order valence-corrected chi connectivity index (χ0v) is 14.5. The van der Waals surface area contributed by atoms with Crippen LogP contribution in [-0.4, -0.2) is 32.9 Å². The molecule has 0 bridgehead atoms. The first kappa shape index (κ1) is 17.9. The van der Waals surface area contributed by atoms with E-state index < -0.39 is 17.9 Å². The number of benzene rings is 1. The van der Waals surface area contributed by atoms with Crippen LogP contribution in [0.3, 0.4) is 0 Å². The van der Waals surface area contributed by atoms with Gasteiger partial charge >= 0.3 is 0 Å². The molecule has 0 fully saturated rings. The number of primary amides is 1. The van der Waals surface area contributed by atoms with E-state index in [9.17, 15) is 9.59 Å². The number of amides is 2. The molecule has 2 atom stereocenters. The van der Waals surface area contributed by atoms with Gasteiger partial charge in [-0.25, -0.2) is 4.68 Å². The van der Waals surface area contributed by atoms with E-state index in [-0.39, 0.29) is 11.6 Å². The third-order valence-corrected chi connectivity index (χ3v) is 4.32. The average Bonchev–Trinajstić information content (AvgIpc) is 2.93. The first-order valence-corrected chi connectivity index (χ1v) is 8.02. The van der Waals surface area contributed by atoms with Crippen molar-refractivity contribution in [1.82, 2.24) is 20.3 Å². The van der Waals surface area contributed by atoms with Gasteiger partial charge in [-0.3, -0.25) is 9.59 Å². The number of hydrogen-bond acceptors (Lipinski definition) is 4. The van der Waals surface area contributed by atoms with Crippen molar-refractivity contribution in [2.45, 2.75) is 33.2 Å². The van der Waals surface area contributed by atoms with Crippen LogP contribution in [0.1, 0.15) is 36.5 Å². The Kier molecular flexibility index (Phi) is 5.56. The van der Waals surface area contributed by atoms with Crippen LogP contribution < -0.4 is 11.1 Å². The molecule has 1 aromatic carbocycles. The largest absolute Gasteiger partial charge is 0.368 e. The molecule has 8 heteroatoms. The van der Waals surface area contributed by atoms with Gasteiger partial charge in [0.2, 0.25) is 5.91 Å². The van der Waals surface area contributed by atoms with E-state index >= 15 is 0 Å². The maximum atomic E-state index is 12.5. The van der Waals surface area contributed by atoms with E-state index in [4.69, 9.17) is 17.3 Å². The van der Waals surface area contributed by atoms with Crippen LogP contribution in [-0.2, 0) is 4.79 Å². The van der Waals surface area contributed by atoms with E-state index in [1.165, 1.54) is 4.68 Å². The molecule has 0 unspecified atom stereocenters. The number of nitrogens with zero attached hydrogens (tertiary/aromatic N) is 3. The zero-order valence-electron chi connectivity index (χ0n) is 13.8. The highest BCUT2D eigenvalue weighted by molar-refractivity contribution is 6.32. The van der Waals surface area contributed by atoms with Crippen molar-refractivity contribution in [3.05, 3.63) is 40.7 Å². The predicted molar refractivity (Wildman–Crippen MR) is 91.0 cm³/mol. The van der Waals surface area contributed by atoms with Crippen molar-refractivity contribution in [2.75, 3.05) is 0 Å². The molecular formula is C16H20ClN5O2. The number of halogens is 1. The maximum Gasteiger partial charge on any atom is 0.274 e. The molecule has 2 rings (SSSR count). The van der Waals surface area contributed by atoms with Gasteiger partial charge in [0.1, 0.15) is 6.04 Å². The average molecular weight is 350 g/mol. The number of para-hydroxylation sites is 1. The number of hydrogen-bond donors (Lipinski definition) is 2. The Labute approximate surface area is 145 Å². The summed E-state index contributed by atoms with van der Waals surface area (Å²) in [6, 6.07) is 6.36. The molecule has 0 saturated heterocycles. The summed E-state index contributed by atoms with van der Waals surface area (Å²) in [5.41, 5.74) is 6.65. The smallest absolute Gasteiger partial charge is 0.274 e. The van der Waals surface area contributed by atoms with Gasteiger partial charge < -0.3 is 11.1 Å². The number of carbonyl (C=O) groups is 2. The third-order valence-electron chi connectivity index (χ3n) is 4.00. The highest BCUT2D eigenvalue weighted by Gasteiger charge is 2.27. The molecule has 0 aliphatic rings. The molecule has 0 aliphatic heterocycles. The second-order valence-electron chi connectivity index (χ2n) is 5.63. The van der Waals surface area contributed by atoms with Crippen molar-refractivity contribution in [2.24, 2.45) is 11.7 Å². The van der Waals surface area contributed by atoms with Gasteiger partial charge in [0, 0.05) is 0 Å². The predicted octanol–water partition coefficient (Wildman–Crippen LogP) is 1.86. The Balaban J connectivity index is 2.29. The molecule has 3 N–H and O–H groups in total. The van der Waals surface area contributed by atoms with E-state index in [2.05, 4.69) is 15.6 Å². The zero-order chi connectivity index (χ0) is 17.9. The normalized spacial score (nSPS) is 13.3. The summed E-state index contributed by atoms with van der Waals surface area (Å²) in [6.07, 6.45) is 0.708. The highest BCUT2D eigenvalue weighted by Crippen LogP contribution is 2.21. The summed E-state index contributed by atoms with van der Waals surface area (Å²) >= 11 is 6.16. The molecule has 128 valence electrons. The fourth-order valence-corrected chi connectivity index (χ4v) is 2.55. The maximum absolute atomic E-state index is 12.5. The molecule has 0 aliphatic carbocycles. The first-order chi connectivity index (χ1) is 11.4. The summed E-state index contributed by atoms with van der Waals surface area (Å²) in [5.74, 6) is -1.14. The number of rotatable bonds is 6. The van der Waals surface area contributed by atoms with Gasteiger partial charge in [0.05, 0.1) is 16.4 Å². The minimum atomic E-state index is -0.757. The van der Waals surface area contributed by atoms with Gasteiger partial charge in [-0.15, -0.1) is 5.10 Å². The third kappa shape index (κ3) is 3.56. The summed E-state index contributed by atoms with van der Waals surface area (Å²) in [4.78, 5) is 24.0. The topological polar surface area (TPSA) is 103 Å². The van der Waals surface area contributed by atoms with Crippen molar-refractivity contribution in [3.63, 3.8) is 0 Å². The van der Waals surface area contributed by atoms with E-state index in [0.29, 0.717) is 22.8 Å². The van der Waals surface area contributed by atoms with Crippen LogP contribution in [0.2, 0.25) is 5.02 Å². The SMILES string of the molecule is CC[C@@H](C)[C@@H](NC(=O)c1nnn(-c2ccccc2Cl)c1C)C(N)=O. The van der Waals surface area contributed by atoms with E-state index in [0.717, 1.165) is 0 Å². The van der Waals surface area contributed by atoms with Crippen molar-refractivity contribution in [3.8, 4) is 5.69 Å². The molecule has 0 radical (unpaired) electrons. The minimum absolute atomic E-state index is 0.0784. The second kappa shape index (κ2) is 7.44.